The summed E-state index contributed by atoms with van der Waals surface area (Å²) < 4.78 is 178. The largest absolute Gasteiger partial charge is 0.384 e. The molecule has 204 valence electrons. The Hall–Kier alpha value is -3.11. The van der Waals surface area contributed by atoms with Crippen molar-refractivity contribution in [2.75, 3.05) is 10.0 Å². The Bertz CT molecular complexity index is 1280. The summed E-state index contributed by atoms with van der Waals surface area (Å²) in [7, 11) is -4.19. The summed E-state index contributed by atoms with van der Waals surface area (Å²) in [5.41, 5.74) is -7.37. The summed E-state index contributed by atoms with van der Waals surface area (Å²) in [6.07, 6.45) is 0. The lowest BCUT2D eigenvalue weighted by Crippen LogP contribution is -2.86. The minimum absolute atomic E-state index is 0.213. The van der Waals surface area contributed by atoms with Crippen LogP contribution in [-0.4, -0.2) is 49.6 Å². The molecule has 1 saturated carbocycles. The molecular formula is C20H13F11N2O3S. The van der Waals surface area contributed by atoms with Gasteiger partial charge in [0.2, 0.25) is 0 Å². The monoisotopic (exact) mass is 570 g/mol. The Morgan fingerprint density at radius 3 is 1.43 bits per heavy atom. The second-order valence-electron chi connectivity index (χ2n) is 7.98. The third kappa shape index (κ3) is 3.72. The van der Waals surface area contributed by atoms with Crippen LogP contribution in [0.4, 0.5) is 59.7 Å². The van der Waals surface area contributed by atoms with Gasteiger partial charge in [0.15, 0.2) is 0 Å². The highest BCUT2D eigenvalue weighted by atomic mass is 32.2. The fourth-order valence-electron chi connectivity index (χ4n) is 3.28. The SMILES string of the molecule is Cc1ccc(S(=O)(=O)Nc2ccc(NC(=O)C3(F)C(F)(F)C(F)(F)C(F)(F)C(F)(F)C3(F)F)cc2)cc1. The van der Waals surface area contributed by atoms with Crippen LogP contribution < -0.4 is 10.0 Å². The van der Waals surface area contributed by atoms with Gasteiger partial charge in [-0.2, -0.15) is 43.9 Å². The number of rotatable bonds is 5. The van der Waals surface area contributed by atoms with Crippen LogP contribution in [0.15, 0.2) is 53.4 Å². The number of amides is 1. The van der Waals surface area contributed by atoms with E-state index in [1.807, 2.05) is 4.72 Å². The summed E-state index contributed by atoms with van der Waals surface area (Å²) >= 11 is 0. The summed E-state index contributed by atoms with van der Waals surface area (Å²) in [5, 5.41) is 0.932. The molecule has 0 radical (unpaired) electrons. The average molecular weight is 570 g/mol. The van der Waals surface area contributed by atoms with E-state index >= 15 is 0 Å². The van der Waals surface area contributed by atoms with Gasteiger partial charge in [-0.05, 0) is 43.3 Å². The summed E-state index contributed by atoms with van der Waals surface area (Å²) in [5.74, 6) is -40.4. The highest BCUT2D eigenvalue weighted by molar-refractivity contribution is 7.92. The van der Waals surface area contributed by atoms with Crippen molar-refractivity contribution in [2.45, 2.75) is 47.1 Å². The molecule has 1 fully saturated rings. The topological polar surface area (TPSA) is 75.3 Å². The predicted molar refractivity (Wildman–Crippen MR) is 106 cm³/mol. The molecular weight excluding hydrogens is 557 g/mol. The molecule has 37 heavy (non-hydrogen) atoms. The predicted octanol–water partition coefficient (Wildman–Crippen LogP) is 5.63. The second-order valence-corrected chi connectivity index (χ2v) is 9.66. The summed E-state index contributed by atoms with van der Waals surface area (Å²) in [6.45, 7) is 1.67. The lowest BCUT2D eigenvalue weighted by Gasteiger charge is -2.51. The maximum Gasteiger partial charge on any atom is 0.384 e. The first-order chi connectivity index (χ1) is 16.6. The van der Waals surface area contributed by atoms with Crippen molar-refractivity contribution in [3.05, 3.63) is 54.1 Å². The van der Waals surface area contributed by atoms with Crippen molar-refractivity contribution >= 4 is 27.3 Å². The molecule has 0 heterocycles. The van der Waals surface area contributed by atoms with Gasteiger partial charge in [0.1, 0.15) is 0 Å². The molecule has 0 aliphatic heterocycles. The standard InChI is InChI=1S/C20H13F11N2O3S/c1-10-2-8-13(9-3-10)37(35,36)33-12-6-4-11(5-7-12)32-14(34)15(21)16(22,23)18(26,27)20(30,31)19(28,29)17(15,24)25/h2-9,33H,1H3,(H,32,34). The van der Waals surface area contributed by atoms with E-state index in [0.717, 1.165) is 23.0 Å². The van der Waals surface area contributed by atoms with Crippen LogP contribution >= 0.6 is 0 Å². The first kappa shape index (κ1) is 28.5. The number of benzene rings is 2. The van der Waals surface area contributed by atoms with Crippen LogP contribution in [0.1, 0.15) is 5.56 Å². The Morgan fingerprint density at radius 1 is 0.622 bits per heavy atom. The van der Waals surface area contributed by atoms with E-state index in [0.29, 0.717) is 12.1 Å². The number of anilines is 2. The average Bonchev–Trinajstić information content (AvgIpc) is 2.78. The van der Waals surface area contributed by atoms with Crippen molar-refractivity contribution in [2.24, 2.45) is 0 Å². The van der Waals surface area contributed by atoms with Gasteiger partial charge in [-0.1, -0.05) is 17.7 Å². The van der Waals surface area contributed by atoms with Crippen molar-refractivity contribution in [1.82, 2.24) is 0 Å². The van der Waals surface area contributed by atoms with Gasteiger partial charge in [0, 0.05) is 11.4 Å². The van der Waals surface area contributed by atoms with Gasteiger partial charge in [-0.3, -0.25) is 9.52 Å². The van der Waals surface area contributed by atoms with E-state index in [9.17, 15) is 61.5 Å². The van der Waals surface area contributed by atoms with Gasteiger partial charge in [-0.25, -0.2) is 12.8 Å². The lowest BCUT2D eigenvalue weighted by atomic mass is 9.71. The molecule has 0 atom stereocenters. The van der Waals surface area contributed by atoms with Crippen LogP contribution in [0.3, 0.4) is 0 Å². The van der Waals surface area contributed by atoms with Gasteiger partial charge in [0.05, 0.1) is 4.90 Å². The molecule has 0 aromatic heterocycles. The molecule has 0 spiro atoms. The Kier molecular flexibility index (Phi) is 6.30. The summed E-state index contributed by atoms with van der Waals surface area (Å²) in [6, 6.07) is 8.04. The maximum atomic E-state index is 14.8. The highest BCUT2D eigenvalue weighted by Crippen LogP contribution is 2.69. The quantitative estimate of drug-likeness (QED) is 0.458. The van der Waals surface area contributed by atoms with E-state index in [1.54, 1.807) is 6.92 Å². The highest BCUT2D eigenvalue weighted by Gasteiger charge is 3.02. The minimum atomic E-state index is -7.45. The molecule has 0 saturated heterocycles. The van der Waals surface area contributed by atoms with Gasteiger partial charge < -0.3 is 5.32 Å². The number of halogens is 11. The molecule has 1 aliphatic rings. The first-order valence-corrected chi connectivity index (χ1v) is 11.2. The first-order valence-electron chi connectivity index (χ1n) is 9.67. The number of carbonyl (C=O) groups is 1. The maximum absolute atomic E-state index is 14.8. The molecule has 3 rings (SSSR count). The number of alkyl halides is 11. The van der Waals surface area contributed by atoms with E-state index in [4.69, 9.17) is 0 Å². The van der Waals surface area contributed by atoms with Crippen molar-refractivity contribution in [3.8, 4) is 0 Å². The number of nitrogens with one attached hydrogen (secondary N) is 2. The molecule has 2 aromatic carbocycles. The molecule has 0 bridgehead atoms. The minimum Gasteiger partial charge on any atom is -0.323 e. The smallest absolute Gasteiger partial charge is 0.323 e. The molecule has 2 N–H and O–H groups in total. The molecule has 5 nitrogen and oxygen atoms in total. The fourth-order valence-corrected chi connectivity index (χ4v) is 4.34. The van der Waals surface area contributed by atoms with Crippen molar-refractivity contribution < 1.29 is 61.5 Å². The van der Waals surface area contributed by atoms with Crippen LogP contribution in [0.5, 0.6) is 0 Å². The van der Waals surface area contributed by atoms with Gasteiger partial charge in [0.25, 0.3) is 15.9 Å². The zero-order valence-electron chi connectivity index (χ0n) is 17.9. The number of aryl methyl sites for hydroxylation is 1. The van der Waals surface area contributed by atoms with Crippen LogP contribution in [-0.2, 0) is 14.8 Å². The van der Waals surface area contributed by atoms with E-state index in [2.05, 4.69) is 0 Å². The number of carbonyl (C=O) groups excluding carboxylic acids is 1. The summed E-state index contributed by atoms with van der Waals surface area (Å²) in [4.78, 5) is 11.8. The zero-order valence-corrected chi connectivity index (χ0v) is 18.7. The van der Waals surface area contributed by atoms with E-state index < -0.39 is 56.9 Å². The Labute approximate surface area is 200 Å². The molecule has 1 amide bonds. The third-order valence-electron chi connectivity index (χ3n) is 5.48. The second kappa shape index (κ2) is 8.19. The number of hydrogen-bond donors (Lipinski definition) is 2. The zero-order chi connectivity index (χ0) is 28.5. The van der Waals surface area contributed by atoms with Gasteiger partial charge >= 0.3 is 35.3 Å². The van der Waals surface area contributed by atoms with E-state index in [1.165, 1.54) is 24.3 Å². The molecule has 0 unspecified atom stereocenters. The van der Waals surface area contributed by atoms with E-state index in [-0.39, 0.29) is 10.6 Å². The van der Waals surface area contributed by atoms with Crippen molar-refractivity contribution in [3.63, 3.8) is 0 Å². The lowest BCUT2D eigenvalue weighted by molar-refractivity contribution is -0.475. The number of sulfonamides is 1. The Morgan fingerprint density at radius 2 is 1.00 bits per heavy atom. The van der Waals surface area contributed by atoms with Crippen LogP contribution in [0.25, 0.3) is 0 Å². The molecule has 17 heteroatoms. The fraction of sp³-hybridized carbons (Fsp3) is 0.350. The van der Waals surface area contributed by atoms with Crippen LogP contribution in [0.2, 0.25) is 0 Å². The molecule has 2 aromatic rings. The normalized spacial score (nSPS) is 22.6. The van der Waals surface area contributed by atoms with Gasteiger partial charge in [-0.15, -0.1) is 0 Å². The Balaban J connectivity index is 1.91. The van der Waals surface area contributed by atoms with Crippen LogP contribution in [0, 0.1) is 6.92 Å². The molecule has 1 aliphatic carbocycles. The number of hydrogen-bond acceptors (Lipinski definition) is 3. The third-order valence-corrected chi connectivity index (χ3v) is 6.88. The van der Waals surface area contributed by atoms with Crippen molar-refractivity contribution in [1.29, 1.82) is 0 Å².